The van der Waals surface area contributed by atoms with Crippen molar-refractivity contribution in [3.63, 3.8) is 0 Å². The smallest absolute Gasteiger partial charge is 0.0841 e. The molecule has 2 heterocycles. The van der Waals surface area contributed by atoms with Crippen LogP contribution in [0.25, 0.3) is 0 Å². The van der Waals surface area contributed by atoms with Gasteiger partial charge >= 0.3 is 0 Å². The van der Waals surface area contributed by atoms with Gasteiger partial charge in [0, 0.05) is 18.9 Å². The first-order valence-corrected chi connectivity index (χ1v) is 8.00. The second kappa shape index (κ2) is 5.41. The molecule has 114 valence electrons. The molecule has 0 radical (unpaired) electrons. The lowest BCUT2D eigenvalue weighted by Gasteiger charge is -2.25. The Morgan fingerprint density at radius 1 is 1.00 bits per heavy atom. The van der Waals surface area contributed by atoms with Crippen LogP contribution in [0, 0.1) is 0 Å². The lowest BCUT2D eigenvalue weighted by molar-refractivity contribution is 0.159. The highest BCUT2D eigenvalue weighted by Crippen LogP contribution is 2.46. The molecule has 0 aromatic heterocycles. The largest absolute Gasteiger partial charge is 0.308 e. The second-order valence-corrected chi connectivity index (χ2v) is 6.47. The summed E-state index contributed by atoms with van der Waals surface area (Å²) in [6.07, 6.45) is 1.06. The Kier molecular flexibility index (Phi) is 3.40. The summed E-state index contributed by atoms with van der Waals surface area (Å²) in [5.74, 6) is 0.386. The summed E-state index contributed by atoms with van der Waals surface area (Å²) >= 11 is 0. The van der Waals surface area contributed by atoms with Gasteiger partial charge in [-0.3, -0.25) is 4.84 Å². The molecule has 2 aromatic carbocycles. The molecule has 4 rings (SSSR count). The van der Waals surface area contributed by atoms with Crippen molar-refractivity contribution in [2.45, 2.75) is 18.4 Å². The van der Waals surface area contributed by atoms with E-state index in [4.69, 9.17) is 4.84 Å². The van der Waals surface area contributed by atoms with E-state index in [1.807, 2.05) is 0 Å². The molecule has 0 amide bonds. The molecule has 1 fully saturated rings. The molecular weight excluding hydrogens is 272 g/mol. The molecule has 22 heavy (non-hydrogen) atoms. The van der Waals surface area contributed by atoms with Crippen LogP contribution in [0.2, 0.25) is 0 Å². The Balaban J connectivity index is 1.95. The Morgan fingerprint density at radius 3 is 2.45 bits per heavy atom. The van der Waals surface area contributed by atoms with Gasteiger partial charge in [0.25, 0.3) is 0 Å². The SMILES string of the molecule is CN(C)C[C@@H]1c2ccccc2[C@H]2CCON2c2ccccc21. The van der Waals surface area contributed by atoms with Crippen LogP contribution in [0.5, 0.6) is 0 Å². The van der Waals surface area contributed by atoms with Crippen molar-refractivity contribution in [3.8, 4) is 0 Å². The van der Waals surface area contributed by atoms with Crippen LogP contribution in [-0.4, -0.2) is 32.1 Å². The summed E-state index contributed by atoms with van der Waals surface area (Å²) in [7, 11) is 4.29. The molecule has 2 aromatic rings. The van der Waals surface area contributed by atoms with Gasteiger partial charge in [-0.1, -0.05) is 42.5 Å². The number of hydrogen-bond acceptors (Lipinski definition) is 3. The fraction of sp³-hybridized carbons (Fsp3) is 0.368. The van der Waals surface area contributed by atoms with Gasteiger partial charge in [0.05, 0.1) is 18.3 Å². The molecule has 0 N–H and O–H groups in total. The summed E-state index contributed by atoms with van der Waals surface area (Å²) in [6.45, 7) is 1.81. The molecule has 0 spiro atoms. The topological polar surface area (TPSA) is 15.7 Å². The van der Waals surface area contributed by atoms with E-state index in [0.29, 0.717) is 12.0 Å². The average Bonchev–Trinajstić information content (AvgIpc) is 2.98. The summed E-state index contributed by atoms with van der Waals surface area (Å²) in [5, 5.41) is 2.14. The third-order valence-electron chi connectivity index (χ3n) is 4.73. The Hall–Kier alpha value is -1.84. The summed E-state index contributed by atoms with van der Waals surface area (Å²) in [4.78, 5) is 8.27. The fourth-order valence-corrected chi connectivity index (χ4v) is 3.83. The standard InChI is InChI=1S/C19H22N2O/c1-20(2)13-17-14-7-3-4-8-15(14)19-11-12-22-21(19)18-10-6-5-9-16(17)18/h3-10,17,19H,11-13H2,1-2H3/t17-,19-/m1/s1. The molecule has 2 aliphatic heterocycles. The van der Waals surface area contributed by atoms with Gasteiger partial charge in [-0.2, -0.15) is 0 Å². The van der Waals surface area contributed by atoms with E-state index in [1.54, 1.807) is 0 Å². The predicted molar refractivity (Wildman–Crippen MR) is 89.1 cm³/mol. The van der Waals surface area contributed by atoms with Crippen molar-refractivity contribution in [2.75, 3.05) is 32.3 Å². The molecule has 2 atom stereocenters. The summed E-state index contributed by atoms with van der Waals surface area (Å²) in [6, 6.07) is 17.9. The van der Waals surface area contributed by atoms with E-state index in [2.05, 4.69) is 72.6 Å². The summed E-state index contributed by atoms with van der Waals surface area (Å²) < 4.78 is 0. The first kappa shape index (κ1) is 13.8. The first-order chi connectivity index (χ1) is 10.8. The Labute approximate surface area is 132 Å². The zero-order chi connectivity index (χ0) is 15.1. The molecule has 0 bridgehead atoms. The molecule has 2 aliphatic rings. The highest BCUT2D eigenvalue weighted by Gasteiger charge is 2.36. The van der Waals surface area contributed by atoms with Gasteiger partial charge in [0.1, 0.15) is 0 Å². The van der Waals surface area contributed by atoms with Crippen molar-refractivity contribution < 1.29 is 4.84 Å². The summed E-state index contributed by atoms with van der Waals surface area (Å²) in [5.41, 5.74) is 5.46. The van der Waals surface area contributed by atoms with E-state index >= 15 is 0 Å². The van der Waals surface area contributed by atoms with Crippen LogP contribution in [-0.2, 0) is 4.84 Å². The minimum atomic E-state index is 0.338. The minimum Gasteiger partial charge on any atom is -0.308 e. The van der Waals surface area contributed by atoms with Crippen molar-refractivity contribution in [2.24, 2.45) is 0 Å². The highest BCUT2D eigenvalue weighted by atomic mass is 16.7. The Bertz CT molecular complexity index is 629. The molecule has 1 saturated heterocycles. The Morgan fingerprint density at radius 2 is 1.68 bits per heavy atom. The van der Waals surface area contributed by atoms with Crippen LogP contribution in [0.1, 0.15) is 35.1 Å². The maximum atomic E-state index is 5.99. The quantitative estimate of drug-likeness (QED) is 0.842. The number of fused-ring (bicyclic) bond motifs is 5. The number of rotatable bonds is 2. The normalized spacial score (nSPS) is 23.0. The molecule has 3 nitrogen and oxygen atoms in total. The van der Waals surface area contributed by atoms with Gasteiger partial charge in [-0.05, 0) is 36.9 Å². The van der Waals surface area contributed by atoms with Gasteiger partial charge in [-0.25, -0.2) is 5.06 Å². The van der Waals surface area contributed by atoms with Crippen molar-refractivity contribution in [1.29, 1.82) is 0 Å². The van der Waals surface area contributed by atoms with Crippen molar-refractivity contribution in [1.82, 2.24) is 4.90 Å². The second-order valence-electron chi connectivity index (χ2n) is 6.47. The predicted octanol–water partition coefficient (Wildman–Crippen LogP) is 3.58. The third kappa shape index (κ3) is 2.13. The molecule has 0 unspecified atom stereocenters. The molecule has 3 heteroatoms. The van der Waals surface area contributed by atoms with Crippen LogP contribution >= 0.6 is 0 Å². The maximum absolute atomic E-state index is 5.99. The van der Waals surface area contributed by atoms with Gasteiger partial charge in [-0.15, -0.1) is 0 Å². The van der Waals surface area contributed by atoms with Gasteiger partial charge in [0.15, 0.2) is 0 Å². The third-order valence-corrected chi connectivity index (χ3v) is 4.73. The van der Waals surface area contributed by atoms with E-state index in [9.17, 15) is 0 Å². The number of para-hydroxylation sites is 1. The molecule has 0 aliphatic carbocycles. The molecular formula is C19H22N2O. The number of hydrogen-bond donors (Lipinski definition) is 0. The zero-order valence-corrected chi connectivity index (χ0v) is 13.2. The minimum absolute atomic E-state index is 0.338. The van der Waals surface area contributed by atoms with E-state index in [-0.39, 0.29) is 0 Å². The lowest BCUT2D eigenvalue weighted by Crippen LogP contribution is -2.22. The van der Waals surface area contributed by atoms with Gasteiger partial charge < -0.3 is 4.90 Å². The van der Waals surface area contributed by atoms with Crippen LogP contribution < -0.4 is 5.06 Å². The lowest BCUT2D eigenvalue weighted by atomic mass is 9.86. The van der Waals surface area contributed by atoms with Gasteiger partial charge in [0.2, 0.25) is 0 Å². The number of hydroxylamine groups is 1. The number of likely N-dealkylation sites (N-methyl/N-ethyl adjacent to an activating group) is 1. The first-order valence-electron chi connectivity index (χ1n) is 8.00. The number of anilines is 1. The number of nitrogens with zero attached hydrogens (tertiary/aromatic N) is 2. The van der Waals surface area contributed by atoms with Crippen LogP contribution in [0.4, 0.5) is 5.69 Å². The fourth-order valence-electron chi connectivity index (χ4n) is 3.83. The van der Waals surface area contributed by atoms with Crippen molar-refractivity contribution >= 4 is 5.69 Å². The zero-order valence-electron chi connectivity index (χ0n) is 13.2. The van der Waals surface area contributed by atoms with Crippen molar-refractivity contribution in [3.05, 3.63) is 65.2 Å². The maximum Gasteiger partial charge on any atom is 0.0841 e. The number of benzene rings is 2. The van der Waals surface area contributed by atoms with E-state index in [0.717, 1.165) is 19.6 Å². The average molecular weight is 294 g/mol. The van der Waals surface area contributed by atoms with E-state index in [1.165, 1.54) is 22.4 Å². The van der Waals surface area contributed by atoms with E-state index < -0.39 is 0 Å². The van der Waals surface area contributed by atoms with Crippen LogP contribution in [0.3, 0.4) is 0 Å². The monoisotopic (exact) mass is 294 g/mol. The molecule has 0 saturated carbocycles. The highest BCUT2D eigenvalue weighted by molar-refractivity contribution is 5.61. The van der Waals surface area contributed by atoms with Crippen LogP contribution in [0.15, 0.2) is 48.5 Å².